The quantitative estimate of drug-likeness (QED) is 0.0384. The summed E-state index contributed by atoms with van der Waals surface area (Å²) >= 11 is 0. The van der Waals surface area contributed by atoms with Gasteiger partial charge in [0.2, 0.25) is 31.6 Å². The number of rotatable bonds is 20. The van der Waals surface area contributed by atoms with Crippen LogP contribution in [0.15, 0.2) is 113 Å². The molecule has 4 N–H and O–H groups in total. The van der Waals surface area contributed by atoms with Crippen LogP contribution in [0.3, 0.4) is 0 Å². The highest BCUT2D eigenvalue weighted by Crippen LogP contribution is 2.54. The van der Waals surface area contributed by atoms with Crippen LogP contribution in [0.2, 0.25) is 0 Å². The average Bonchev–Trinajstić information content (AvgIpc) is 3.68. The molecule has 0 aromatic heterocycles. The molecule has 5 heterocycles. The Bertz CT molecular complexity index is 3470. The van der Waals surface area contributed by atoms with Crippen LogP contribution in [0.5, 0.6) is 5.75 Å². The van der Waals surface area contributed by atoms with Crippen molar-refractivity contribution in [3.63, 3.8) is 0 Å². The lowest BCUT2D eigenvalue weighted by Gasteiger charge is -2.42. The smallest absolute Gasteiger partial charge is 0.490 e. The highest BCUT2D eigenvalue weighted by atomic mass is 32.2. The van der Waals surface area contributed by atoms with Crippen LogP contribution < -0.4 is 24.4 Å². The van der Waals surface area contributed by atoms with Gasteiger partial charge < -0.3 is 29.3 Å². The van der Waals surface area contributed by atoms with Gasteiger partial charge in [0.1, 0.15) is 22.5 Å². The minimum atomic E-state index is -5.08. The predicted octanol–water partition coefficient (Wildman–Crippen LogP) is 7.35. The van der Waals surface area contributed by atoms with Crippen LogP contribution in [0.25, 0.3) is 0 Å². The molecule has 4 aromatic rings. The van der Waals surface area contributed by atoms with Crippen molar-refractivity contribution < 1.29 is 71.7 Å². The highest BCUT2D eigenvalue weighted by Gasteiger charge is 2.54. The van der Waals surface area contributed by atoms with Crippen molar-refractivity contribution in [1.82, 2.24) is 10.2 Å². The zero-order valence-electron chi connectivity index (χ0n) is 45.4. The van der Waals surface area contributed by atoms with Gasteiger partial charge in [-0.15, -0.1) is 0 Å². The number of carboxylic acid groups (broad SMARTS) is 1. The van der Waals surface area contributed by atoms with E-state index < -0.39 is 47.7 Å². The molecule has 0 radical (unpaired) electrons. The van der Waals surface area contributed by atoms with Crippen molar-refractivity contribution in [3.8, 4) is 5.75 Å². The van der Waals surface area contributed by atoms with E-state index in [0.717, 1.165) is 122 Å². The number of aliphatic carboxylic acids is 1. The predicted molar refractivity (Wildman–Crippen MR) is 297 cm³/mol. The molecular weight excluding hydrogens is 1100 g/mol. The van der Waals surface area contributed by atoms with Crippen molar-refractivity contribution >= 4 is 70.5 Å². The lowest BCUT2D eigenvalue weighted by atomic mass is 9.74. The molecule has 432 valence electrons. The summed E-state index contributed by atoms with van der Waals surface area (Å²) < 4.78 is 135. The second-order valence-electron chi connectivity index (χ2n) is 21.8. The number of carbonyl (C=O) groups excluding carboxylic acids is 1. The van der Waals surface area contributed by atoms with Gasteiger partial charge in [0.15, 0.2) is 12.3 Å². The SMILES string of the molecule is CC1(C)C2=C3C=C4C5=[N+](CCC4OC3CCN2c2ccc(CC(=O)NCCCCCN(CCOc3ccc(NS(C)(=O)=O)cc3)CCc3ccc(NS(C)(=O)=O)cc3)cc21)c1ccc(S(=O)(=O)[O-])cc1C5(C)C.O=C(O)C(F)(F)F. The van der Waals surface area contributed by atoms with E-state index in [-0.39, 0.29) is 34.8 Å². The molecule has 0 fully saturated rings. The molecule has 18 nitrogen and oxygen atoms in total. The maximum atomic E-state index is 13.4. The molecule has 1 amide bonds. The number of nitrogens with zero attached hydrogens (tertiary/aromatic N) is 3. The molecule has 2 unspecified atom stereocenters. The number of sulfonamides is 2. The fraction of sp³-hybridized carbons (Fsp3) is 0.446. The molecule has 0 aliphatic carbocycles. The van der Waals surface area contributed by atoms with Crippen LogP contribution in [0, 0.1) is 0 Å². The summed E-state index contributed by atoms with van der Waals surface area (Å²) in [6.45, 7) is 13.5. The Morgan fingerprint density at radius 2 is 1.44 bits per heavy atom. The van der Waals surface area contributed by atoms with Gasteiger partial charge in [-0.2, -0.15) is 17.7 Å². The number of unbranched alkanes of at least 4 members (excludes halogenated alkanes) is 2. The Kier molecular flexibility index (Phi) is 17.4. The Balaban J connectivity index is 0.00000113. The van der Waals surface area contributed by atoms with Crippen molar-refractivity contribution in [2.24, 2.45) is 0 Å². The van der Waals surface area contributed by atoms with Crippen molar-refractivity contribution in [1.29, 1.82) is 0 Å². The molecule has 24 heteroatoms. The van der Waals surface area contributed by atoms with E-state index in [1.807, 2.05) is 12.1 Å². The summed E-state index contributed by atoms with van der Waals surface area (Å²) in [5.74, 6) is -2.15. The monoisotopic (exact) mass is 1170 g/mol. The summed E-state index contributed by atoms with van der Waals surface area (Å²) in [7, 11) is -11.4. The first-order valence-corrected chi connectivity index (χ1v) is 31.4. The molecule has 0 spiro atoms. The van der Waals surface area contributed by atoms with Crippen molar-refractivity contribution in [3.05, 3.63) is 130 Å². The van der Waals surface area contributed by atoms with Gasteiger partial charge in [0.05, 0.1) is 41.5 Å². The zero-order chi connectivity index (χ0) is 58.2. The second-order valence-corrected chi connectivity index (χ2v) is 26.7. The third kappa shape index (κ3) is 14.0. The van der Waals surface area contributed by atoms with E-state index in [9.17, 15) is 47.8 Å². The molecule has 5 aliphatic rings. The largest absolute Gasteiger partial charge is 0.744 e. The van der Waals surface area contributed by atoms with Gasteiger partial charge in [-0.3, -0.25) is 19.1 Å². The molecule has 9 rings (SSSR count). The van der Waals surface area contributed by atoms with Crippen molar-refractivity contribution in [2.75, 3.05) is 72.7 Å². The van der Waals surface area contributed by atoms with Crippen LogP contribution in [0.4, 0.5) is 35.9 Å². The number of allylic oxidation sites excluding steroid dienone is 1. The summed E-state index contributed by atoms with van der Waals surface area (Å²) in [5.41, 5.74) is 10.7. The molecular formula is C56H67F3N6O12S3. The number of nitrogens with one attached hydrogen (secondary N) is 3. The molecule has 0 saturated heterocycles. The summed E-state index contributed by atoms with van der Waals surface area (Å²) in [4.78, 5) is 26.8. The third-order valence-corrected chi connectivity index (χ3v) is 17.0. The molecule has 80 heavy (non-hydrogen) atoms. The van der Waals surface area contributed by atoms with Crippen LogP contribution in [0.1, 0.15) is 82.1 Å². The Morgan fingerprint density at radius 3 is 2.06 bits per heavy atom. The summed E-state index contributed by atoms with van der Waals surface area (Å²) in [6, 6.07) is 25.3. The standard InChI is InChI=1S/C54H66N6O10S3.C2HF3O2/c1-53(2)44-32-37(12-20-46(44)59-28-23-48-42(51(53)59)35-43-49(70-48)24-29-60-47-21-19-41(73(66,67)68)34-45(47)54(3,4)52(43)60)33-50(61)55-25-8-7-9-26-58(27-22-36-10-13-38(14-11-36)56-71(5,62)63)30-31-69-40-17-15-39(16-18-40)57-72(6,64)65;3-2(4,5)1(6)7/h10-21,32,34-35,48-49,56-57H,7-9,22-31,33H2,1-6H3,(H-,55,61,66,67,68);(H,6,7). The van der Waals surface area contributed by atoms with Crippen LogP contribution in [-0.2, 0) is 68.2 Å². The Labute approximate surface area is 465 Å². The van der Waals surface area contributed by atoms with E-state index in [0.29, 0.717) is 36.8 Å². The van der Waals surface area contributed by atoms with Crippen molar-refractivity contribution in [2.45, 2.75) is 107 Å². The number of hydrogen-bond acceptors (Lipinski definition) is 13. The number of anilines is 3. The van der Waals surface area contributed by atoms with E-state index in [1.165, 1.54) is 17.3 Å². The summed E-state index contributed by atoms with van der Waals surface area (Å²) in [6.07, 6.45) is 4.63. The minimum absolute atomic E-state index is 0.0253. The maximum absolute atomic E-state index is 13.4. The van der Waals surface area contributed by atoms with Gasteiger partial charge in [-0.05, 0) is 123 Å². The minimum Gasteiger partial charge on any atom is -0.744 e. The first-order chi connectivity index (χ1) is 37.4. The number of fused-ring (bicyclic) bond motifs is 8. The van der Waals surface area contributed by atoms with Crippen LogP contribution in [-0.4, -0.2) is 139 Å². The lowest BCUT2D eigenvalue weighted by Crippen LogP contribution is -2.47. The van der Waals surface area contributed by atoms with Gasteiger partial charge >= 0.3 is 12.1 Å². The Morgan fingerprint density at radius 1 is 0.800 bits per heavy atom. The summed E-state index contributed by atoms with van der Waals surface area (Å²) in [5, 5.41) is 10.3. The number of alkyl halides is 3. The number of hydrogen-bond donors (Lipinski definition) is 4. The molecule has 2 atom stereocenters. The van der Waals surface area contributed by atoms with Gasteiger partial charge in [0, 0.05) is 83.6 Å². The first-order valence-electron chi connectivity index (χ1n) is 26.2. The molecule has 5 aliphatic heterocycles. The number of halogens is 3. The highest BCUT2D eigenvalue weighted by molar-refractivity contribution is 7.92. The maximum Gasteiger partial charge on any atom is 0.490 e. The third-order valence-electron chi connectivity index (χ3n) is 15.0. The fourth-order valence-electron chi connectivity index (χ4n) is 11.4. The zero-order valence-corrected chi connectivity index (χ0v) is 47.8. The van der Waals surface area contributed by atoms with Gasteiger partial charge in [-0.1, -0.05) is 44.5 Å². The molecule has 0 bridgehead atoms. The number of benzene rings is 4. The number of carbonyl (C=O) groups is 2. The second kappa shape index (κ2) is 23.3. The van der Waals surface area contributed by atoms with E-state index in [4.69, 9.17) is 19.4 Å². The number of carboxylic acids is 1. The number of ether oxygens (including phenoxy) is 2. The molecule has 0 saturated carbocycles. The fourth-order valence-corrected chi connectivity index (χ4v) is 13.0. The van der Waals surface area contributed by atoms with Gasteiger partial charge in [0.25, 0.3) is 0 Å². The number of amides is 1. The Hall–Kier alpha value is -6.31. The van der Waals surface area contributed by atoms with Gasteiger partial charge in [-0.25, -0.2) is 30.0 Å². The van der Waals surface area contributed by atoms with Crippen LogP contribution >= 0.6 is 0 Å². The average molecular weight is 1170 g/mol. The van der Waals surface area contributed by atoms with E-state index in [2.05, 4.69) is 81.1 Å². The van der Waals surface area contributed by atoms with E-state index >= 15 is 0 Å². The topological polar surface area (TPSA) is 244 Å². The molecule has 4 aromatic carbocycles. The first kappa shape index (κ1) is 59.8. The normalized spacial score (nSPS) is 18.8. The lowest BCUT2D eigenvalue weighted by molar-refractivity contribution is -0.445. The van der Waals surface area contributed by atoms with E-state index in [1.54, 1.807) is 48.5 Å².